The van der Waals surface area contributed by atoms with Gasteiger partial charge in [-0.3, -0.25) is 9.69 Å². The summed E-state index contributed by atoms with van der Waals surface area (Å²) in [4.78, 5) is 17.4. The van der Waals surface area contributed by atoms with Crippen molar-refractivity contribution in [1.29, 1.82) is 0 Å². The Hall–Kier alpha value is -2.15. The summed E-state index contributed by atoms with van der Waals surface area (Å²) in [7, 11) is 4.64. The van der Waals surface area contributed by atoms with Crippen LogP contribution in [0.25, 0.3) is 0 Å². The molecule has 0 bridgehead atoms. The first kappa shape index (κ1) is 24.1. The Labute approximate surface area is 189 Å². The predicted octanol–water partition coefficient (Wildman–Crippen LogP) is 4.18. The average Bonchev–Trinajstić information content (AvgIpc) is 2.77. The molecule has 6 nitrogen and oxygen atoms in total. The number of piperazine rings is 1. The van der Waals surface area contributed by atoms with Crippen molar-refractivity contribution in [2.45, 2.75) is 6.42 Å². The first-order valence-electron chi connectivity index (χ1n) is 9.61. The number of nitrogens with zero attached hydrogens (tertiary/aromatic N) is 2. The number of hydrogen-bond donors (Lipinski definition) is 0. The number of anilines is 1. The van der Waals surface area contributed by atoms with E-state index in [1.165, 1.54) is 5.69 Å². The van der Waals surface area contributed by atoms with Crippen LogP contribution in [0, 0.1) is 0 Å². The Morgan fingerprint density at radius 2 is 1.50 bits per heavy atom. The van der Waals surface area contributed by atoms with E-state index in [9.17, 15) is 4.79 Å². The van der Waals surface area contributed by atoms with E-state index in [1.807, 2.05) is 24.3 Å². The van der Waals surface area contributed by atoms with Crippen LogP contribution in [-0.4, -0.2) is 64.7 Å². The van der Waals surface area contributed by atoms with Gasteiger partial charge in [-0.25, -0.2) is 0 Å². The molecule has 30 heavy (non-hydrogen) atoms. The minimum Gasteiger partial charge on any atom is -0.493 e. The molecule has 164 valence electrons. The number of benzene rings is 2. The van der Waals surface area contributed by atoms with Crippen molar-refractivity contribution in [3.63, 3.8) is 0 Å². The minimum absolute atomic E-state index is 0. The lowest BCUT2D eigenvalue weighted by Crippen LogP contribution is -2.46. The van der Waals surface area contributed by atoms with E-state index in [1.54, 1.807) is 33.5 Å². The third kappa shape index (κ3) is 5.72. The molecule has 0 radical (unpaired) electrons. The van der Waals surface area contributed by atoms with Crippen LogP contribution in [0.4, 0.5) is 5.69 Å². The van der Waals surface area contributed by atoms with E-state index in [4.69, 9.17) is 25.8 Å². The lowest BCUT2D eigenvalue weighted by Gasteiger charge is -2.36. The zero-order chi connectivity index (χ0) is 20.8. The molecule has 0 spiro atoms. The highest BCUT2D eigenvalue weighted by Gasteiger charge is 2.20. The Kier molecular flexibility index (Phi) is 9.08. The number of hydrogen-bond acceptors (Lipinski definition) is 6. The monoisotopic (exact) mass is 454 g/mol. The second kappa shape index (κ2) is 11.3. The molecular weight excluding hydrogens is 427 g/mol. The van der Waals surface area contributed by atoms with Crippen molar-refractivity contribution in [2.75, 3.05) is 59.0 Å². The molecule has 1 saturated heterocycles. The normalized spacial score (nSPS) is 14.1. The summed E-state index contributed by atoms with van der Waals surface area (Å²) in [6, 6.07) is 11.3. The van der Waals surface area contributed by atoms with E-state index in [2.05, 4.69) is 9.80 Å². The molecule has 0 N–H and O–H groups in total. The highest BCUT2D eigenvalue weighted by Crippen LogP contribution is 2.38. The number of rotatable bonds is 8. The largest absolute Gasteiger partial charge is 0.493 e. The molecule has 8 heteroatoms. The van der Waals surface area contributed by atoms with Crippen LogP contribution in [0.3, 0.4) is 0 Å². The van der Waals surface area contributed by atoms with Gasteiger partial charge in [0.15, 0.2) is 17.3 Å². The van der Waals surface area contributed by atoms with E-state index in [-0.39, 0.29) is 18.2 Å². The van der Waals surface area contributed by atoms with Crippen molar-refractivity contribution in [2.24, 2.45) is 0 Å². The summed E-state index contributed by atoms with van der Waals surface area (Å²) < 4.78 is 16.0. The van der Waals surface area contributed by atoms with Gasteiger partial charge >= 0.3 is 0 Å². The molecule has 1 heterocycles. The fourth-order valence-corrected chi connectivity index (χ4v) is 3.65. The Bertz CT molecular complexity index is 813. The van der Waals surface area contributed by atoms with Crippen LogP contribution in [0.1, 0.15) is 16.8 Å². The molecule has 0 aromatic heterocycles. The summed E-state index contributed by atoms with van der Waals surface area (Å²) in [6.07, 6.45) is 0.444. The van der Waals surface area contributed by atoms with Crippen molar-refractivity contribution in [1.82, 2.24) is 4.90 Å². The van der Waals surface area contributed by atoms with Gasteiger partial charge < -0.3 is 19.1 Å². The van der Waals surface area contributed by atoms with Crippen LogP contribution in [0.5, 0.6) is 17.2 Å². The third-order valence-corrected chi connectivity index (χ3v) is 5.46. The van der Waals surface area contributed by atoms with Gasteiger partial charge in [-0.2, -0.15) is 0 Å². The molecule has 2 aromatic carbocycles. The maximum absolute atomic E-state index is 12.7. The highest BCUT2D eigenvalue weighted by atomic mass is 35.5. The molecule has 0 unspecified atom stereocenters. The van der Waals surface area contributed by atoms with Crippen molar-refractivity contribution in [3.05, 3.63) is 47.0 Å². The smallest absolute Gasteiger partial charge is 0.203 e. The van der Waals surface area contributed by atoms with Gasteiger partial charge in [0, 0.05) is 55.4 Å². The van der Waals surface area contributed by atoms with Gasteiger partial charge in [0.05, 0.1) is 21.3 Å². The van der Waals surface area contributed by atoms with Gasteiger partial charge in [-0.05, 0) is 36.4 Å². The molecule has 1 aliphatic rings. The first-order chi connectivity index (χ1) is 14.0. The number of carbonyl (C=O) groups is 1. The van der Waals surface area contributed by atoms with Crippen LogP contribution >= 0.6 is 24.0 Å². The quantitative estimate of drug-likeness (QED) is 0.557. The van der Waals surface area contributed by atoms with Gasteiger partial charge in [0.25, 0.3) is 0 Å². The van der Waals surface area contributed by atoms with Gasteiger partial charge in [-0.15, -0.1) is 12.4 Å². The van der Waals surface area contributed by atoms with Gasteiger partial charge in [0.2, 0.25) is 5.75 Å². The van der Waals surface area contributed by atoms with Crippen LogP contribution in [0.2, 0.25) is 5.02 Å². The fourth-order valence-electron chi connectivity index (χ4n) is 3.53. The van der Waals surface area contributed by atoms with Crippen LogP contribution < -0.4 is 19.1 Å². The van der Waals surface area contributed by atoms with Crippen LogP contribution in [-0.2, 0) is 0 Å². The zero-order valence-corrected chi connectivity index (χ0v) is 19.1. The summed E-state index contributed by atoms with van der Waals surface area (Å²) >= 11 is 5.97. The number of ether oxygens (including phenoxy) is 3. The third-order valence-electron chi connectivity index (χ3n) is 5.21. The zero-order valence-electron chi connectivity index (χ0n) is 17.5. The molecule has 0 aliphatic carbocycles. The molecular formula is C22H28Cl2N2O4. The second-order valence-electron chi connectivity index (χ2n) is 6.89. The van der Waals surface area contributed by atoms with E-state index in [0.29, 0.717) is 29.2 Å². The van der Waals surface area contributed by atoms with Crippen molar-refractivity contribution < 1.29 is 19.0 Å². The minimum atomic E-state index is 0. The topological polar surface area (TPSA) is 51.2 Å². The molecule has 1 fully saturated rings. The molecule has 0 atom stereocenters. The molecule has 1 aliphatic heterocycles. The summed E-state index contributed by atoms with van der Waals surface area (Å²) in [6.45, 7) is 4.43. The Morgan fingerprint density at radius 1 is 0.933 bits per heavy atom. The summed E-state index contributed by atoms with van der Waals surface area (Å²) in [5, 5.41) is 0.748. The molecule has 0 amide bonds. The number of carbonyl (C=O) groups excluding carboxylic acids is 1. The highest BCUT2D eigenvalue weighted by molar-refractivity contribution is 6.30. The maximum Gasteiger partial charge on any atom is 0.203 e. The predicted molar refractivity (Wildman–Crippen MR) is 122 cm³/mol. The van der Waals surface area contributed by atoms with Gasteiger partial charge in [-0.1, -0.05) is 11.6 Å². The lowest BCUT2D eigenvalue weighted by molar-refractivity contribution is 0.0961. The maximum atomic E-state index is 12.7. The summed E-state index contributed by atoms with van der Waals surface area (Å²) in [5.41, 5.74) is 1.75. The number of Topliss-reactive ketones (excluding diaryl/α,β-unsaturated/α-hetero) is 1. The molecule has 3 rings (SSSR count). The number of methoxy groups -OCH3 is 3. The molecule has 0 saturated carbocycles. The van der Waals surface area contributed by atoms with Crippen molar-refractivity contribution >= 4 is 35.5 Å². The SMILES string of the molecule is COc1cc(C(=O)CCN2CCN(c3ccc(Cl)cc3)CC2)cc(OC)c1OC.Cl. The van der Waals surface area contributed by atoms with Crippen molar-refractivity contribution in [3.8, 4) is 17.2 Å². The average molecular weight is 455 g/mol. The fraction of sp³-hybridized carbons (Fsp3) is 0.409. The van der Waals surface area contributed by atoms with Gasteiger partial charge in [0.1, 0.15) is 0 Å². The first-order valence-corrected chi connectivity index (χ1v) is 9.99. The second-order valence-corrected chi connectivity index (χ2v) is 7.33. The van der Waals surface area contributed by atoms with E-state index < -0.39 is 0 Å². The molecule has 2 aromatic rings. The standard InChI is InChI=1S/C22H27ClN2O4.ClH/c1-27-20-14-16(15-21(28-2)22(20)29-3)19(26)8-9-24-10-12-25(13-11-24)18-6-4-17(23)5-7-18;/h4-7,14-15H,8-13H2,1-3H3;1H. The van der Waals surface area contributed by atoms with E-state index >= 15 is 0 Å². The Morgan fingerprint density at radius 3 is 2.00 bits per heavy atom. The Balaban J connectivity index is 0.00000320. The number of ketones is 1. The lowest BCUT2D eigenvalue weighted by atomic mass is 10.1. The van der Waals surface area contributed by atoms with E-state index in [0.717, 1.165) is 37.7 Å². The summed E-state index contributed by atoms with van der Waals surface area (Å²) in [5.74, 6) is 1.54. The number of halogens is 2. The van der Waals surface area contributed by atoms with Crippen LogP contribution in [0.15, 0.2) is 36.4 Å².